The van der Waals surface area contributed by atoms with Gasteiger partial charge < -0.3 is 10.2 Å². The normalized spacial score (nSPS) is 13.3. The number of carbonyl (C=O) groups is 1. The molecule has 0 unspecified atom stereocenters. The molecule has 0 aliphatic heterocycles. The molecular formula is C10H12FNO5S. The average molecular weight is 277 g/mol. The Hall–Kier alpha value is -1.51. The molecule has 0 heterocycles. The lowest BCUT2D eigenvalue weighted by atomic mass is 10.2. The third-order valence-corrected chi connectivity index (χ3v) is 3.48. The Morgan fingerprint density at radius 1 is 1.50 bits per heavy atom. The molecule has 6 nitrogen and oxygen atoms in total. The molecule has 0 aromatic heterocycles. The lowest BCUT2D eigenvalue weighted by Crippen LogP contribution is -2.31. The van der Waals surface area contributed by atoms with E-state index in [1.54, 1.807) is 0 Å². The number of aliphatic hydroxyl groups excluding tert-OH is 1. The lowest BCUT2D eigenvalue weighted by molar-refractivity contribution is 0.0696. The van der Waals surface area contributed by atoms with Crippen molar-refractivity contribution in [3.63, 3.8) is 0 Å². The number of carboxylic acids is 1. The molecule has 1 atom stereocenters. The van der Waals surface area contributed by atoms with Gasteiger partial charge in [0.1, 0.15) is 10.7 Å². The molecule has 1 aromatic carbocycles. The van der Waals surface area contributed by atoms with E-state index in [4.69, 9.17) is 10.2 Å². The fourth-order valence-electron chi connectivity index (χ4n) is 1.15. The van der Waals surface area contributed by atoms with Gasteiger partial charge in [-0.15, -0.1) is 0 Å². The van der Waals surface area contributed by atoms with Crippen LogP contribution in [0.1, 0.15) is 17.3 Å². The standard InChI is InChI=1S/C10H12FNO5S/c1-6(13)5-12-18(16,17)9-4-7(10(14)15)2-3-8(9)11/h2-4,6,12-13H,5H2,1H3,(H,14,15)/t6-/m1/s1. The average Bonchev–Trinajstić information content (AvgIpc) is 2.26. The maximum atomic E-state index is 13.4. The van der Waals surface area contributed by atoms with Crippen molar-refractivity contribution in [3.8, 4) is 0 Å². The zero-order valence-electron chi connectivity index (χ0n) is 9.42. The Kier molecular flexibility index (Phi) is 4.38. The quantitative estimate of drug-likeness (QED) is 0.712. The highest BCUT2D eigenvalue weighted by Crippen LogP contribution is 2.16. The first-order valence-corrected chi connectivity index (χ1v) is 6.43. The van der Waals surface area contributed by atoms with Crippen molar-refractivity contribution < 1.29 is 27.8 Å². The summed E-state index contributed by atoms with van der Waals surface area (Å²) in [5.74, 6) is -2.42. The molecule has 1 aromatic rings. The van der Waals surface area contributed by atoms with E-state index in [-0.39, 0.29) is 12.1 Å². The van der Waals surface area contributed by atoms with Crippen LogP contribution in [0.5, 0.6) is 0 Å². The summed E-state index contributed by atoms with van der Waals surface area (Å²) >= 11 is 0. The predicted octanol–water partition coefficient (Wildman–Crippen LogP) is 0.183. The number of carboxylic acid groups (broad SMARTS) is 1. The summed E-state index contributed by atoms with van der Waals surface area (Å²) < 4.78 is 38.7. The second kappa shape index (κ2) is 5.42. The molecule has 0 aliphatic carbocycles. The topological polar surface area (TPSA) is 104 Å². The molecule has 18 heavy (non-hydrogen) atoms. The zero-order chi connectivity index (χ0) is 13.9. The first kappa shape index (κ1) is 14.6. The van der Waals surface area contributed by atoms with Gasteiger partial charge in [0, 0.05) is 6.54 Å². The van der Waals surface area contributed by atoms with Crippen LogP contribution in [0.2, 0.25) is 0 Å². The first-order valence-electron chi connectivity index (χ1n) is 4.94. The summed E-state index contributed by atoms with van der Waals surface area (Å²) in [5, 5.41) is 17.7. The van der Waals surface area contributed by atoms with Crippen molar-refractivity contribution in [1.29, 1.82) is 0 Å². The van der Waals surface area contributed by atoms with Crippen LogP contribution in [0.15, 0.2) is 23.1 Å². The van der Waals surface area contributed by atoms with E-state index < -0.39 is 32.8 Å². The van der Waals surface area contributed by atoms with Gasteiger partial charge in [-0.1, -0.05) is 0 Å². The number of aromatic carboxylic acids is 1. The number of nitrogens with one attached hydrogen (secondary N) is 1. The predicted molar refractivity (Wildman–Crippen MR) is 60.2 cm³/mol. The van der Waals surface area contributed by atoms with Gasteiger partial charge in [-0.3, -0.25) is 0 Å². The summed E-state index contributed by atoms with van der Waals surface area (Å²) in [6.07, 6.45) is -0.939. The largest absolute Gasteiger partial charge is 0.478 e. The van der Waals surface area contributed by atoms with Gasteiger partial charge in [0.2, 0.25) is 10.0 Å². The molecule has 100 valence electrons. The summed E-state index contributed by atoms with van der Waals surface area (Å²) in [6.45, 7) is 1.06. The fraction of sp³-hybridized carbons (Fsp3) is 0.300. The smallest absolute Gasteiger partial charge is 0.335 e. The number of halogens is 1. The Morgan fingerprint density at radius 2 is 2.11 bits per heavy atom. The van der Waals surface area contributed by atoms with Gasteiger partial charge in [0.05, 0.1) is 11.7 Å². The van der Waals surface area contributed by atoms with Crippen molar-refractivity contribution in [3.05, 3.63) is 29.6 Å². The van der Waals surface area contributed by atoms with Crippen LogP contribution in [-0.4, -0.2) is 37.2 Å². The summed E-state index contributed by atoms with van der Waals surface area (Å²) in [6, 6.07) is 2.45. The summed E-state index contributed by atoms with van der Waals surface area (Å²) in [7, 11) is -4.19. The molecule has 0 spiro atoms. The number of hydrogen-bond donors (Lipinski definition) is 3. The molecule has 0 saturated carbocycles. The van der Waals surface area contributed by atoms with Gasteiger partial charge in [0.25, 0.3) is 0 Å². The van der Waals surface area contributed by atoms with Crippen LogP contribution in [0, 0.1) is 5.82 Å². The van der Waals surface area contributed by atoms with E-state index in [2.05, 4.69) is 0 Å². The van der Waals surface area contributed by atoms with Gasteiger partial charge in [-0.05, 0) is 25.1 Å². The van der Waals surface area contributed by atoms with Gasteiger partial charge in [0.15, 0.2) is 0 Å². The van der Waals surface area contributed by atoms with Crippen LogP contribution in [0.4, 0.5) is 4.39 Å². The van der Waals surface area contributed by atoms with E-state index in [9.17, 15) is 17.6 Å². The minimum atomic E-state index is -4.19. The molecule has 0 saturated heterocycles. The zero-order valence-corrected chi connectivity index (χ0v) is 10.2. The van der Waals surface area contributed by atoms with Crippen molar-refractivity contribution in [2.45, 2.75) is 17.9 Å². The van der Waals surface area contributed by atoms with Crippen molar-refractivity contribution in [2.24, 2.45) is 0 Å². The molecule has 0 fully saturated rings. The second-order valence-corrected chi connectivity index (χ2v) is 5.39. The van der Waals surface area contributed by atoms with Crippen molar-refractivity contribution >= 4 is 16.0 Å². The Morgan fingerprint density at radius 3 is 2.61 bits per heavy atom. The summed E-state index contributed by atoms with van der Waals surface area (Å²) in [4.78, 5) is 9.92. The number of hydrogen-bond acceptors (Lipinski definition) is 4. The van der Waals surface area contributed by atoms with Gasteiger partial charge >= 0.3 is 5.97 Å². The molecule has 0 amide bonds. The van der Waals surface area contributed by atoms with E-state index in [1.165, 1.54) is 6.92 Å². The second-order valence-electron chi connectivity index (χ2n) is 3.65. The molecular weight excluding hydrogens is 265 g/mol. The SMILES string of the molecule is C[C@@H](O)CNS(=O)(=O)c1cc(C(=O)O)ccc1F. The monoisotopic (exact) mass is 277 g/mol. The Labute approximate surface area is 103 Å². The maximum Gasteiger partial charge on any atom is 0.335 e. The van der Waals surface area contributed by atoms with Crippen molar-refractivity contribution in [1.82, 2.24) is 4.72 Å². The van der Waals surface area contributed by atoms with Gasteiger partial charge in [-0.25, -0.2) is 22.3 Å². The van der Waals surface area contributed by atoms with Crippen LogP contribution in [0.3, 0.4) is 0 Å². The highest BCUT2D eigenvalue weighted by Gasteiger charge is 2.21. The molecule has 0 radical (unpaired) electrons. The molecule has 1 rings (SSSR count). The van der Waals surface area contributed by atoms with Gasteiger partial charge in [-0.2, -0.15) is 0 Å². The Bertz CT molecular complexity index is 555. The molecule has 0 bridgehead atoms. The van der Waals surface area contributed by atoms with E-state index in [0.717, 1.165) is 18.2 Å². The van der Waals surface area contributed by atoms with Crippen LogP contribution < -0.4 is 4.72 Å². The number of aliphatic hydroxyl groups is 1. The molecule has 0 aliphatic rings. The highest BCUT2D eigenvalue weighted by atomic mass is 32.2. The maximum absolute atomic E-state index is 13.4. The number of benzene rings is 1. The lowest BCUT2D eigenvalue weighted by Gasteiger charge is -2.09. The third-order valence-electron chi connectivity index (χ3n) is 2.04. The highest BCUT2D eigenvalue weighted by molar-refractivity contribution is 7.89. The van der Waals surface area contributed by atoms with E-state index in [0.29, 0.717) is 0 Å². The van der Waals surface area contributed by atoms with Crippen LogP contribution in [0.25, 0.3) is 0 Å². The van der Waals surface area contributed by atoms with Crippen molar-refractivity contribution in [2.75, 3.05) is 6.54 Å². The Balaban J connectivity index is 3.15. The third kappa shape index (κ3) is 3.49. The minimum Gasteiger partial charge on any atom is -0.478 e. The number of rotatable bonds is 5. The number of sulfonamides is 1. The van der Waals surface area contributed by atoms with E-state index >= 15 is 0 Å². The molecule has 8 heteroatoms. The summed E-state index contributed by atoms with van der Waals surface area (Å²) in [5.41, 5.74) is -0.339. The van der Waals surface area contributed by atoms with E-state index in [1.807, 2.05) is 4.72 Å². The first-order chi connectivity index (χ1) is 8.24. The van der Waals surface area contributed by atoms with Crippen LogP contribution >= 0.6 is 0 Å². The fourth-order valence-corrected chi connectivity index (χ4v) is 2.37. The minimum absolute atomic E-state index is 0.293. The van der Waals surface area contributed by atoms with Crippen LogP contribution in [-0.2, 0) is 10.0 Å². The molecule has 3 N–H and O–H groups in total.